The van der Waals surface area contributed by atoms with Crippen LogP contribution in [0.25, 0.3) is 11.0 Å². The molecule has 1 aliphatic heterocycles. The van der Waals surface area contributed by atoms with Gasteiger partial charge in [-0.05, 0) is 44.5 Å². The van der Waals surface area contributed by atoms with Crippen molar-refractivity contribution in [1.29, 1.82) is 0 Å². The fourth-order valence-electron chi connectivity index (χ4n) is 3.36. The van der Waals surface area contributed by atoms with E-state index in [1.165, 1.54) is 0 Å². The largest absolute Gasteiger partial charge is 0.472 e. The van der Waals surface area contributed by atoms with Crippen LogP contribution in [0.15, 0.2) is 39.5 Å². The van der Waals surface area contributed by atoms with Crippen LogP contribution < -0.4 is 15.3 Å². The highest BCUT2D eigenvalue weighted by molar-refractivity contribution is 6.33. The molecule has 0 amide bonds. The Bertz CT molecular complexity index is 1050. The van der Waals surface area contributed by atoms with Crippen LogP contribution in [0.2, 0.25) is 5.02 Å². The van der Waals surface area contributed by atoms with Gasteiger partial charge in [0.25, 0.3) is 0 Å². The summed E-state index contributed by atoms with van der Waals surface area (Å²) in [5.74, 6) is 0.794. The lowest BCUT2D eigenvalue weighted by Gasteiger charge is -2.32. The topological polar surface area (TPSA) is 42.7 Å². The van der Waals surface area contributed by atoms with E-state index < -0.39 is 0 Å². The molecule has 4 rings (SSSR count). The summed E-state index contributed by atoms with van der Waals surface area (Å²) in [5.41, 5.74) is 4.79. The molecule has 0 radical (unpaired) electrons. The molecule has 1 aromatic heterocycles. The summed E-state index contributed by atoms with van der Waals surface area (Å²) >= 11 is 6.33. The number of halogens is 1. The third-order valence-corrected chi connectivity index (χ3v) is 5.24. The highest BCUT2D eigenvalue weighted by atomic mass is 35.5. The lowest BCUT2D eigenvalue weighted by molar-refractivity contribution is 0.287. The second-order valence-corrected chi connectivity index (χ2v) is 6.84. The summed E-state index contributed by atoms with van der Waals surface area (Å²) in [6.45, 7) is 6.77. The highest BCUT2D eigenvalue weighted by Gasteiger charge is 2.24. The maximum atomic E-state index is 12.0. The Labute approximate surface area is 150 Å². The molecule has 3 aromatic rings. The zero-order valence-corrected chi connectivity index (χ0v) is 15.1. The van der Waals surface area contributed by atoms with E-state index >= 15 is 0 Å². The van der Waals surface area contributed by atoms with Gasteiger partial charge in [0.1, 0.15) is 11.3 Å². The summed E-state index contributed by atoms with van der Waals surface area (Å²) in [5, 5.41) is 1.66. The summed E-state index contributed by atoms with van der Waals surface area (Å²) in [6, 6.07) is 9.80. The van der Waals surface area contributed by atoms with Gasteiger partial charge in [0.2, 0.25) is 0 Å². The van der Waals surface area contributed by atoms with Gasteiger partial charge in [-0.15, -0.1) is 0 Å². The molecular weight excluding hydrogens is 338 g/mol. The van der Waals surface area contributed by atoms with Gasteiger partial charge in [-0.3, -0.25) is 0 Å². The smallest absolute Gasteiger partial charge is 0.339 e. The van der Waals surface area contributed by atoms with Gasteiger partial charge >= 0.3 is 5.63 Å². The van der Waals surface area contributed by atoms with Crippen molar-refractivity contribution < 1.29 is 9.15 Å². The van der Waals surface area contributed by atoms with Gasteiger partial charge in [0, 0.05) is 28.6 Å². The van der Waals surface area contributed by atoms with Crippen molar-refractivity contribution in [3.8, 4) is 5.75 Å². The minimum Gasteiger partial charge on any atom is -0.472 e. The monoisotopic (exact) mass is 355 g/mol. The number of benzene rings is 2. The minimum absolute atomic E-state index is 0.290. The van der Waals surface area contributed by atoms with E-state index in [1.807, 2.05) is 38.1 Å². The van der Waals surface area contributed by atoms with Crippen molar-refractivity contribution in [2.45, 2.75) is 27.3 Å². The van der Waals surface area contributed by atoms with Crippen LogP contribution in [0.4, 0.5) is 5.69 Å². The molecule has 128 valence electrons. The lowest BCUT2D eigenvalue weighted by atomic mass is 9.99. The number of hydrogen-bond acceptors (Lipinski definition) is 4. The van der Waals surface area contributed by atoms with Crippen molar-refractivity contribution >= 4 is 28.3 Å². The minimum atomic E-state index is -0.290. The normalized spacial score (nSPS) is 13.7. The van der Waals surface area contributed by atoms with Crippen LogP contribution in [0, 0.1) is 20.8 Å². The van der Waals surface area contributed by atoms with Crippen molar-refractivity contribution in [2.24, 2.45) is 0 Å². The second kappa shape index (κ2) is 5.81. The third kappa shape index (κ3) is 2.48. The van der Waals surface area contributed by atoms with E-state index in [1.54, 1.807) is 6.92 Å². The summed E-state index contributed by atoms with van der Waals surface area (Å²) in [4.78, 5) is 14.1. The van der Waals surface area contributed by atoms with Gasteiger partial charge < -0.3 is 14.1 Å². The number of rotatable bonds is 1. The van der Waals surface area contributed by atoms with Gasteiger partial charge in [-0.1, -0.05) is 23.7 Å². The lowest BCUT2D eigenvalue weighted by Crippen LogP contribution is -2.32. The Morgan fingerprint density at radius 3 is 2.60 bits per heavy atom. The quantitative estimate of drug-likeness (QED) is 0.592. The molecule has 0 saturated carbocycles. The number of hydrogen-bond donors (Lipinski definition) is 0. The molecule has 0 fully saturated rings. The average molecular weight is 356 g/mol. The van der Waals surface area contributed by atoms with Crippen LogP contribution in [0.5, 0.6) is 5.75 Å². The average Bonchev–Trinajstić information content (AvgIpc) is 2.61. The predicted molar refractivity (Wildman–Crippen MR) is 99.8 cm³/mol. The number of nitrogens with zero attached hydrogens (tertiary/aromatic N) is 1. The summed E-state index contributed by atoms with van der Waals surface area (Å²) < 4.78 is 11.5. The Kier molecular flexibility index (Phi) is 3.73. The Morgan fingerprint density at radius 1 is 1.08 bits per heavy atom. The van der Waals surface area contributed by atoms with Gasteiger partial charge in [-0.2, -0.15) is 0 Å². The molecule has 0 bridgehead atoms. The van der Waals surface area contributed by atoms with Crippen LogP contribution in [0.1, 0.15) is 22.3 Å². The Hall–Kier alpha value is -2.46. The van der Waals surface area contributed by atoms with Crippen molar-refractivity contribution in [3.63, 3.8) is 0 Å². The first-order valence-corrected chi connectivity index (χ1v) is 8.54. The van der Waals surface area contributed by atoms with Crippen molar-refractivity contribution in [2.75, 3.05) is 11.6 Å². The Balaban J connectivity index is 1.87. The first kappa shape index (κ1) is 16.0. The van der Waals surface area contributed by atoms with Crippen LogP contribution in [-0.4, -0.2) is 6.73 Å². The molecule has 2 aromatic carbocycles. The van der Waals surface area contributed by atoms with E-state index in [9.17, 15) is 4.79 Å². The van der Waals surface area contributed by atoms with Crippen LogP contribution in [0.3, 0.4) is 0 Å². The van der Waals surface area contributed by atoms with E-state index in [4.69, 9.17) is 20.8 Å². The zero-order chi connectivity index (χ0) is 17.7. The number of fused-ring (bicyclic) bond motifs is 2. The maximum absolute atomic E-state index is 12.0. The molecule has 0 saturated heterocycles. The van der Waals surface area contributed by atoms with Crippen molar-refractivity contribution in [3.05, 3.63) is 68.0 Å². The fourth-order valence-corrected chi connectivity index (χ4v) is 3.62. The molecule has 0 spiro atoms. The van der Waals surface area contributed by atoms with Gasteiger partial charge in [0.15, 0.2) is 6.73 Å². The molecule has 5 heteroatoms. The zero-order valence-electron chi connectivity index (χ0n) is 14.4. The van der Waals surface area contributed by atoms with E-state index in [2.05, 4.69) is 11.0 Å². The molecule has 4 nitrogen and oxygen atoms in total. The SMILES string of the molecule is Cc1c(C)c2cc3c(c(C)c2oc1=O)OCN(c1ccccc1Cl)C3. The Morgan fingerprint density at radius 2 is 1.84 bits per heavy atom. The fraction of sp³-hybridized carbons (Fsp3) is 0.250. The number of anilines is 1. The molecule has 0 unspecified atom stereocenters. The molecule has 2 heterocycles. The summed E-state index contributed by atoms with van der Waals surface area (Å²) in [7, 11) is 0. The third-order valence-electron chi connectivity index (χ3n) is 4.92. The van der Waals surface area contributed by atoms with Crippen molar-refractivity contribution in [1.82, 2.24) is 0 Å². The second-order valence-electron chi connectivity index (χ2n) is 6.43. The van der Waals surface area contributed by atoms with Gasteiger partial charge in [-0.25, -0.2) is 4.79 Å². The van der Waals surface area contributed by atoms with Crippen LogP contribution >= 0.6 is 11.6 Å². The number of para-hydroxylation sites is 1. The van der Waals surface area contributed by atoms with E-state index in [0.717, 1.165) is 33.5 Å². The molecule has 1 aliphatic rings. The molecular formula is C20H18ClNO3. The summed E-state index contributed by atoms with van der Waals surface area (Å²) in [6.07, 6.45) is 0. The van der Waals surface area contributed by atoms with E-state index in [-0.39, 0.29) is 5.63 Å². The molecule has 0 N–H and O–H groups in total. The highest BCUT2D eigenvalue weighted by Crippen LogP contribution is 2.38. The number of ether oxygens (including phenoxy) is 1. The molecule has 0 aliphatic carbocycles. The maximum Gasteiger partial charge on any atom is 0.339 e. The predicted octanol–water partition coefficient (Wildman–Crippen LogP) is 4.73. The van der Waals surface area contributed by atoms with E-state index in [0.29, 0.717) is 29.4 Å². The molecule has 25 heavy (non-hydrogen) atoms. The van der Waals surface area contributed by atoms with Crippen LogP contribution in [-0.2, 0) is 6.54 Å². The molecule has 0 atom stereocenters. The van der Waals surface area contributed by atoms with Gasteiger partial charge in [0.05, 0.1) is 10.7 Å². The standard InChI is InChI=1S/C20H18ClNO3/c1-11-12(2)20(23)25-19-13(3)18-14(8-15(11)19)9-22(10-24-18)17-7-5-4-6-16(17)21/h4-8H,9-10H2,1-3H3. The first-order valence-electron chi connectivity index (χ1n) is 8.16. The first-order chi connectivity index (χ1) is 12.0. The number of aryl methyl sites for hydroxylation is 2.